The van der Waals surface area contributed by atoms with E-state index in [0.717, 1.165) is 38.2 Å². The maximum atomic E-state index is 14.2. The first-order chi connectivity index (χ1) is 34.0. The van der Waals surface area contributed by atoms with E-state index in [0.29, 0.717) is 22.7 Å². The molecule has 0 fully saturated rings. The minimum Gasteiger partial charge on any atom is -0.489 e. The van der Waals surface area contributed by atoms with Gasteiger partial charge in [0.15, 0.2) is 11.6 Å². The first-order valence-electron chi connectivity index (χ1n) is 23.5. The van der Waals surface area contributed by atoms with Crippen LogP contribution in [0.15, 0.2) is 145 Å². The van der Waals surface area contributed by atoms with Crippen LogP contribution in [-0.2, 0) is 30.4 Å². The van der Waals surface area contributed by atoms with E-state index in [9.17, 15) is 24.0 Å². The lowest BCUT2D eigenvalue weighted by Crippen LogP contribution is -2.47. The summed E-state index contributed by atoms with van der Waals surface area (Å²) in [6.07, 6.45) is 0.148. The van der Waals surface area contributed by atoms with E-state index >= 15 is 0 Å². The Morgan fingerprint density at radius 1 is 0.662 bits per heavy atom. The van der Waals surface area contributed by atoms with Crippen molar-refractivity contribution in [3.05, 3.63) is 151 Å². The third-order valence-electron chi connectivity index (χ3n) is 10.6. The number of guanidine groups is 1. The van der Waals surface area contributed by atoms with E-state index in [1.807, 2.05) is 103 Å². The highest BCUT2D eigenvalue weighted by Crippen LogP contribution is 2.45. The smallest absolute Gasteiger partial charge is 0.414 e. The average molecular weight is 963 g/mol. The molecule has 3 amide bonds. The summed E-state index contributed by atoms with van der Waals surface area (Å²) in [5.41, 5.74) is 1.49. The number of fused-ring (bicyclic) bond motifs is 2. The van der Waals surface area contributed by atoms with Crippen molar-refractivity contribution in [3.63, 3.8) is 0 Å². The molecule has 0 aliphatic rings. The maximum absolute atomic E-state index is 14.2. The molecule has 0 bridgehead atoms. The van der Waals surface area contributed by atoms with Gasteiger partial charge in [0.2, 0.25) is 11.9 Å². The van der Waals surface area contributed by atoms with E-state index in [-0.39, 0.29) is 69.8 Å². The number of carbonyl (C=O) groups is 5. The number of aliphatic imine (C=N–C) groups is 1. The number of ketones is 2. The number of alkyl carbamates (subject to hydrolysis) is 2. The van der Waals surface area contributed by atoms with Crippen LogP contribution >= 0.6 is 0 Å². The highest BCUT2D eigenvalue weighted by molar-refractivity contribution is 6.10. The van der Waals surface area contributed by atoms with Gasteiger partial charge in [-0.25, -0.2) is 9.59 Å². The number of rotatable bonds is 20. The standard InChI is InChI=1S/C57H62N4O10/c1-8-32-68-48-29-27-39-20-12-14-25-45(39)50(48)51-46-26-15-13-21-40(46)28-30-49(51)69-36-44(62)34-42(23-17-31-58-53(60-54(65)70-56(2,3)4)61-55(66)71-57(5,6)7)52(64)59-43-24-16-22-41(33-43)47(63)37-67-35-38-18-10-9-11-19-38/h8-16,18-22,24-30,33,42H,1,17,23,31-32,34-37H2,2-7H3,(H,59,64)(H2,58,60,61,65,66)/t42-/m0/s1. The number of nitrogens with one attached hydrogen (secondary N) is 3. The molecule has 0 aliphatic carbocycles. The van der Waals surface area contributed by atoms with Gasteiger partial charge < -0.3 is 29.0 Å². The predicted octanol–water partition coefficient (Wildman–Crippen LogP) is 11.4. The summed E-state index contributed by atoms with van der Waals surface area (Å²) in [7, 11) is 0. The van der Waals surface area contributed by atoms with Crippen molar-refractivity contribution in [2.75, 3.05) is 31.7 Å². The van der Waals surface area contributed by atoms with Crippen LogP contribution in [0, 0.1) is 5.92 Å². The minimum atomic E-state index is -0.899. The Kier molecular flexibility index (Phi) is 18.2. The van der Waals surface area contributed by atoms with Gasteiger partial charge in [0, 0.05) is 41.3 Å². The quantitative estimate of drug-likeness (QED) is 0.0219. The van der Waals surface area contributed by atoms with Crippen molar-refractivity contribution in [2.24, 2.45) is 10.9 Å². The lowest BCUT2D eigenvalue weighted by atomic mass is 9.92. The molecule has 0 radical (unpaired) electrons. The summed E-state index contributed by atoms with van der Waals surface area (Å²) in [5.74, 6) is -1.15. The topological polar surface area (TPSA) is 180 Å². The number of benzene rings is 6. The summed E-state index contributed by atoms with van der Waals surface area (Å²) in [6.45, 7) is 14.0. The molecular formula is C57H62N4O10. The van der Waals surface area contributed by atoms with Crippen molar-refractivity contribution in [2.45, 2.75) is 78.6 Å². The fourth-order valence-corrected chi connectivity index (χ4v) is 7.60. The molecule has 71 heavy (non-hydrogen) atoms. The zero-order valence-corrected chi connectivity index (χ0v) is 41.2. The van der Waals surface area contributed by atoms with Crippen LogP contribution in [0.4, 0.5) is 15.3 Å². The maximum Gasteiger partial charge on any atom is 0.414 e. The fourth-order valence-electron chi connectivity index (χ4n) is 7.60. The predicted molar refractivity (Wildman–Crippen MR) is 277 cm³/mol. The Balaban J connectivity index is 1.24. The Morgan fingerprint density at radius 2 is 1.24 bits per heavy atom. The van der Waals surface area contributed by atoms with E-state index < -0.39 is 35.2 Å². The molecule has 14 nitrogen and oxygen atoms in total. The van der Waals surface area contributed by atoms with Crippen LogP contribution in [0.5, 0.6) is 11.5 Å². The van der Waals surface area contributed by atoms with Crippen LogP contribution < -0.4 is 25.4 Å². The molecule has 14 heteroatoms. The molecule has 6 aromatic carbocycles. The highest BCUT2D eigenvalue weighted by atomic mass is 16.6. The van der Waals surface area contributed by atoms with E-state index in [2.05, 4.69) is 27.5 Å². The molecular weight excluding hydrogens is 901 g/mol. The second-order valence-corrected chi connectivity index (χ2v) is 18.7. The molecule has 3 N–H and O–H groups in total. The third kappa shape index (κ3) is 16.1. The molecule has 1 atom stereocenters. The summed E-state index contributed by atoms with van der Waals surface area (Å²) >= 11 is 0. The second-order valence-electron chi connectivity index (χ2n) is 18.7. The number of amides is 3. The van der Waals surface area contributed by atoms with Crippen LogP contribution in [0.2, 0.25) is 0 Å². The fraction of sp³-hybridized carbons (Fsp3) is 0.298. The minimum absolute atomic E-state index is 0.0180. The SMILES string of the molecule is C=CCOc1ccc2ccccc2c1-c1c(OCC(=O)C[C@H](CCCN=C(NC(=O)OC(C)(C)C)NC(=O)OC(C)(C)C)C(=O)Nc2cccc(C(=O)COCc3ccccc3)c2)ccc2ccccc12. The molecule has 0 saturated carbocycles. The molecule has 6 rings (SSSR count). The van der Waals surface area contributed by atoms with Crippen molar-refractivity contribution in [3.8, 4) is 22.6 Å². The van der Waals surface area contributed by atoms with Crippen molar-refractivity contribution < 1.29 is 47.7 Å². The van der Waals surface area contributed by atoms with Gasteiger partial charge in [0.25, 0.3) is 0 Å². The number of carbonyl (C=O) groups excluding carboxylic acids is 5. The Morgan fingerprint density at radius 3 is 1.83 bits per heavy atom. The van der Waals surface area contributed by atoms with Gasteiger partial charge in [-0.3, -0.25) is 30.0 Å². The van der Waals surface area contributed by atoms with Gasteiger partial charge in [-0.2, -0.15) is 0 Å². The van der Waals surface area contributed by atoms with Crippen LogP contribution in [0.1, 0.15) is 76.7 Å². The van der Waals surface area contributed by atoms with Gasteiger partial charge >= 0.3 is 12.2 Å². The number of Topliss-reactive ketones (excluding diaryl/α,β-unsaturated/α-hetero) is 2. The molecule has 6 aromatic rings. The molecule has 0 spiro atoms. The van der Waals surface area contributed by atoms with Gasteiger partial charge in [-0.15, -0.1) is 0 Å². The average Bonchev–Trinajstić information content (AvgIpc) is 3.32. The number of hydrogen-bond donors (Lipinski definition) is 3. The molecule has 370 valence electrons. The lowest BCUT2D eigenvalue weighted by Gasteiger charge is -2.22. The zero-order valence-electron chi connectivity index (χ0n) is 41.2. The Bertz CT molecular complexity index is 2850. The molecule has 0 unspecified atom stereocenters. The third-order valence-corrected chi connectivity index (χ3v) is 10.6. The lowest BCUT2D eigenvalue weighted by molar-refractivity contribution is -0.127. The largest absolute Gasteiger partial charge is 0.489 e. The van der Waals surface area contributed by atoms with Crippen LogP contribution in [-0.4, -0.2) is 73.2 Å². The van der Waals surface area contributed by atoms with Gasteiger partial charge in [-0.1, -0.05) is 116 Å². The van der Waals surface area contributed by atoms with Gasteiger partial charge in [0.05, 0.1) is 6.61 Å². The number of ether oxygens (including phenoxy) is 5. The Labute approximate surface area is 414 Å². The number of anilines is 1. The molecule has 0 saturated heterocycles. The number of nitrogens with zero attached hydrogens (tertiary/aromatic N) is 1. The second kappa shape index (κ2) is 24.6. The van der Waals surface area contributed by atoms with Crippen LogP contribution in [0.25, 0.3) is 32.7 Å². The van der Waals surface area contributed by atoms with Gasteiger partial charge in [-0.05, 0) is 106 Å². The molecule has 0 heterocycles. The molecule has 0 aromatic heterocycles. The van der Waals surface area contributed by atoms with Crippen molar-refractivity contribution >= 4 is 62.9 Å². The summed E-state index contributed by atoms with van der Waals surface area (Å²) < 4.78 is 29.1. The zero-order chi connectivity index (χ0) is 51.0. The molecule has 0 aliphatic heterocycles. The summed E-state index contributed by atoms with van der Waals surface area (Å²) in [6, 6.07) is 39.6. The van der Waals surface area contributed by atoms with Gasteiger partial charge in [0.1, 0.15) is 42.5 Å². The highest BCUT2D eigenvalue weighted by Gasteiger charge is 2.26. The first kappa shape index (κ1) is 52.5. The first-order valence-corrected chi connectivity index (χ1v) is 23.5. The Hall–Kier alpha value is -7.84. The normalized spacial score (nSPS) is 11.7. The van der Waals surface area contributed by atoms with E-state index in [1.54, 1.807) is 71.9 Å². The van der Waals surface area contributed by atoms with Crippen molar-refractivity contribution in [1.29, 1.82) is 0 Å². The summed E-state index contributed by atoms with van der Waals surface area (Å²) in [4.78, 5) is 71.4. The van der Waals surface area contributed by atoms with Crippen LogP contribution in [0.3, 0.4) is 0 Å². The number of hydrogen-bond acceptors (Lipinski definition) is 11. The monoisotopic (exact) mass is 962 g/mol. The van der Waals surface area contributed by atoms with E-state index in [4.69, 9.17) is 23.7 Å². The van der Waals surface area contributed by atoms with Crippen molar-refractivity contribution in [1.82, 2.24) is 10.6 Å². The summed E-state index contributed by atoms with van der Waals surface area (Å²) in [5, 5.41) is 11.6. The van der Waals surface area contributed by atoms with E-state index in [1.165, 1.54) is 0 Å².